The largest absolute Gasteiger partial charge is 2.00 e. The molecule has 0 unspecified atom stereocenters. The summed E-state index contributed by atoms with van der Waals surface area (Å²) in [5.41, 5.74) is 0. The van der Waals surface area contributed by atoms with Crippen molar-refractivity contribution in [3.63, 3.8) is 0 Å². The number of hydrogen-bond acceptors (Lipinski definition) is 2. The second-order valence-corrected chi connectivity index (χ2v) is 9.36. The molecule has 6 nitrogen and oxygen atoms in total. The molecule has 0 heterocycles. The van der Waals surface area contributed by atoms with E-state index >= 15 is 0 Å². The molecule has 6 aliphatic carbocycles. The van der Waals surface area contributed by atoms with Gasteiger partial charge in [-0.15, -0.1) is 0 Å². The second-order valence-electron chi connectivity index (χ2n) is 9.36. The zero-order valence-corrected chi connectivity index (χ0v) is 25.2. The summed E-state index contributed by atoms with van der Waals surface area (Å²) in [5, 5.41) is 0. The SMILES string of the molecule is C1CC[C]2[C](CC1)[C]1CCCC[C]21.C1CC[C]2[C](CC1)[C]1CCCC[C]21.[C-]#[O+].[C-]#[O+].[C-]#[O+].[C-]#[O+].[CH-]=O.[CH-]=O.[Fe+2].[Fe]. The van der Waals surface area contributed by atoms with Crippen LogP contribution in [0.25, 0.3) is 0 Å². The van der Waals surface area contributed by atoms with Crippen molar-refractivity contribution in [3.8, 4) is 0 Å². The third kappa shape index (κ3) is 13.1. The zero-order valence-electron chi connectivity index (χ0n) is 23.0. The maximum Gasteiger partial charge on any atom is 2.00 e. The van der Waals surface area contributed by atoms with Gasteiger partial charge < -0.3 is 9.59 Å². The third-order valence-corrected chi connectivity index (χ3v) is 7.83. The molecule has 0 saturated heterocycles. The Balaban J connectivity index is -0.000000228. The Hall–Kier alpha value is -0.661. The fourth-order valence-corrected chi connectivity index (χ4v) is 6.51. The molecule has 0 aromatic heterocycles. The molecule has 6 rings (SSSR count). The maximum atomic E-state index is 7.75. The Labute approximate surface area is 264 Å². The smallest absolute Gasteiger partial charge is 0.545 e. The average Bonchev–Trinajstić information content (AvgIpc) is 3.38. The van der Waals surface area contributed by atoms with Gasteiger partial charge in [-0.2, -0.15) is 0 Å². The Kier molecular flexibility index (Phi) is 36.2. The molecule has 0 aromatic rings. The van der Waals surface area contributed by atoms with E-state index in [1.54, 1.807) is 0 Å². The summed E-state index contributed by atoms with van der Waals surface area (Å²) >= 11 is 0. The van der Waals surface area contributed by atoms with Gasteiger partial charge >= 0.3 is 62.3 Å². The van der Waals surface area contributed by atoms with E-state index in [-0.39, 0.29) is 34.1 Å². The first-order chi connectivity index (χ1) is 18.9. The van der Waals surface area contributed by atoms with Gasteiger partial charge in [0.15, 0.2) is 0 Å². The predicted octanol–water partition coefficient (Wildman–Crippen LogP) is 6.97. The summed E-state index contributed by atoms with van der Waals surface area (Å²) < 4.78 is 30.0. The average molecular weight is 630 g/mol. The minimum Gasteiger partial charge on any atom is -0.545 e. The number of carbonyl (C=O) groups excluding carboxylic acids is 2. The van der Waals surface area contributed by atoms with E-state index in [1.807, 2.05) is 47.3 Å². The van der Waals surface area contributed by atoms with Crippen LogP contribution >= 0.6 is 0 Å². The van der Waals surface area contributed by atoms with Crippen molar-refractivity contribution in [1.82, 2.24) is 0 Å². The van der Waals surface area contributed by atoms with Gasteiger partial charge in [-0.05, 0) is 98.7 Å². The summed E-state index contributed by atoms with van der Waals surface area (Å²) in [6, 6.07) is 0. The van der Waals surface area contributed by atoms with E-state index in [0.717, 1.165) is 0 Å². The van der Waals surface area contributed by atoms with Crippen LogP contribution in [0.15, 0.2) is 0 Å². The summed E-state index contributed by atoms with van der Waals surface area (Å²) in [7, 11) is 0. The zero-order chi connectivity index (χ0) is 29.3. The molecule has 6 saturated carbocycles. The van der Waals surface area contributed by atoms with Gasteiger partial charge in [0.25, 0.3) is 0 Å². The van der Waals surface area contributed by atoms with Crippen LogP contribution in [0.1, 0.15) is 116 Å². The van der Waals surface area contributed by atoms with Gasteiger partial charge in [-0.25, -0.2) is 0 Å². The van der Waals surface area contributed by atoms with E-state index in [9.17, 15) is 0 Å². The molecular weight excluding hydrogens is 592 g/mol. The molecule has 0 aliphatic heterocycles. The third-order valence-electron chi connectivity index (χ3n) is 7.83. The van der Waals surface area contributed by atoms with Gasteiger partial charge in [0, 0.05) is 17.1 Å². The van der Waals surface area contributed by atoms with Crippen LogP contribution in [-0.2, 0) is 62.3 Å². The Morgan fingerprint density at radius 1 is 0.325 bits per heavy atom. The Bertz CT molecular complexity index is 559. The van der Waals surface area contributed by atoms with Crippen LogP contribution in [0, 0.1) is 73.9 Å². The van der Waals surface area contributed by atoms with Crippen LogP contribution in [-0.4, -0.2) is 13.6 Å². The molecule has 8 heteroatoms. The first-order valence-electron chi connectivity index (χ1n) is 13.1. The predicted molar refractivity (Wildman–Crippen MR) is 138 cm³/mol. The number of hydrogen-bond donors (Lipinski definition) is 0. The molecule has 8 radical (unpaired) electrons. The molecule has 0 N–H and O–H groups in total. The Morgan fingerprint density at radius 3 is 0.550 bits per heavy atom. The van der Waals surface area contributed by atoms with Crippen LogP contribution in [0.4, 0.5) is 0 Å². The van der Waals surface area contributed by atoms with E-state index in [0.29, 0.717) is 0 Å². The molecular formula is C32H38Fe2O6. The van der Waals surface area contributed by atoms with Gasteiger partial charge in [-0.1, -0.05) is 64.2 Å². The van der Waals surface area contributed by atoms with E-state index in [1.165, 1.54) is 116 Å². The fourth-order valence-electron chi connectivity index (χ4n) is 6.51. The van der Waals surface area contributed by atoms with Crippen LogP contribution < -0.4 is 0 Å². The van der Waals surface area contributed by atoms with Gasteiger partial charge in [-0.3, -0.25) is 13.6 Å². The normalized spacial score (nSPS) is 22.0. The molecule has 218 valence electrons. The molecule has 0 spiro atoms. The van der Waals surface area contributed by atoms with E-state index in [2.05, 4.69) is 40.2 Å². The van der Waals surface area contributed by atoms with E-state index in [4.69, 9.17) is 28.2 Å². The standard InChI is InChI=1S/2C13H18.2CHO.4CO.2Fe/c2*1-2-6-10-11(7-3-1)13-9-5-4-8-12(10)13;6*1-2;;/h2*1-9H2;2*1H;;;;;;/q;;2*-1;;;;;;+2. The fraction of sp³-hybridized carbons (Fsp3) is 0.562. The van der Waals surface area contributed by atoms with E-state index < -0.39 is 0 Å². The molecule has 0 amide bonds. The van der Waals surface area contributed by atoms with Crippen LogP contribution in [0.2, 0.25) is 0 Å². The summed E-state index contributed by atoms with van der Waals surface area (Å²) in [5.74, 6) is 14.5. The number of fused-ring (bicyclic) bond motifs is 8. The molecule has 0 atom stereocenters. The summed E-state index contributed by atoms with van der Waals surface area (Å²) in [6.07, 6.45) is 25.9. The molecule has 40 heavy (non-hydrogen) atoms. The summed E-state index contributed by atoms with van der Waals surface area (Å²) in [6.45, 7) is 24.5. The number of rotatable bonds is 0. The Morgan fingerprint density at radius 2 is 0.425 bits per heavy atom. The van der Waals surface area contributed by atoms with Crippen molar-refractivity contribution in [3.05, 3.63) is 73.9 Å². The maximum absolute atomic E-state index is 7.75. The van der Waals surface area contributed by atoms with Crippen LogP contribution in [0.5, 0.6) is 0 Å². The minimum absolute atomic E-state index is 0. The van der Waals surface area contributed by atoms with Crippen molar-refractivity contribution in [2.45, 2.75) is 116 Å². The summed E-state index contributed by atoms with van der Waals surface area (Å²) in [4.78, 5) is 15.5. The van der Waals surface area contributed by atoms with Gasteiger partial charge in [0.05, 0.1) is 0 Å². The topological polar surface area (TPSA) is 114 Å². The molecule has 0 aromatic carbocycles. The van der Waals surface area contributed by atoms with Crippen molar-refractivity contribution in [1.29, 1.82) is 0 Å². The monoisotopic (exact) mass is 630 g/mol. The van der Waals surface area contributed by atoms with Crippen molar-refractivity contribution in [2.75, 3.05) is 0 Å². The molecule has 0 bridgehead atoms. The van der Waals surface area contributed by atoms with Crippen molar-refractivity contribution in [2.24, 2.45) is 0 Å². The second kappa shape index (κ2) is 31.3. The first kappa shape index (κ1) is 46.3. The first-order valence-corrected chi connectivity index (χ1v) is 13.1. The quantitative estimate of drug-likeness (QED) is 0.125. The van der Waals surface area contributed by atoms with Crippen molar-refractivity contribution >= 4 is 13.6 Å². The van der Waals surface area contributed by atoms with Crippen LogP contribution in [0.3, 0.4) is 0 Å². The molecule has 6 fully saturated rings. The van der Waals surface area contributed by atoms with Crippen molar-refractivity contribution < 1.29 is 62.3 Å². The minimum atomic E-state index is 0. The van der Waals surface area contributed by atoms with Gasteiger partial charge in [0.1, 0.15) is 0 Å². The molecule has 6 aliphatic rings. The van der Waals surface area contributed by atoms with Gasteiger partial charge in [0.2, 0.25) is 0 Å².